The Kier molecular flexibility index (Phi) is 5.03. The number of hydrogen-bond donors (Lipinski definition) is 2. The minimum absolute atomic E-state index is 0.207. The zero-order chi connectivity index (χ0) is 18.8. The van der Waals surface area contributed by atoms with E-state index in [0.29, 0.717) is 18.7 Å². The summed E-state index contributed by atoms with van der Waals surface area (Å²) in [5, 5.41) is 3.02. The van der Waals surface area contributed by atoms with Crippen molar-refractivity contribution in [2.24, 2.45) is 0 Å². The zero-order valence-electron chi connectivity index (χ0n) is 14.3. The molecule has 0 atom stereocenters. The molecule has 2 aromatic heterocycles. The number of hydrogen-bond acceptors (Lipinski definition) is 4. The smallest absolute Gasteiger partial charge is 0.322 e. The second kappa shape index (κ2) is 7.25. The number of benzene rings is 1. The molecule has 3 aromatic rings. The summed E-state index contributed by atoms with van der Waals surface area (Å²) in [6.07, 6.45) is 2.09. The van der Waals surface area contributed by atoms with Gasteiger partial charge in [0.1, 0.15) is 5.65 Å². The van der Waals surface area contributed by atoms with Gasteiger partial charge < -0.3 is 5.32 Å². The largest absolute Gasteiger partial charge is 0.329 e. The molecule has 2 N–H and O–H groups in total. The summed E-state index contributed by atoms with van der Waals surface area (Å²) in [7, 11) is 0. The summed E-state index contributed by atoms with van der Waals surface area (Å²) < 4.78 is 2.32. The summed E-state index contributed by atoms with van der Waals surface area (Å²) in [6, 6.07) is 6.96. The van der Waals surface area contributed by atoms with Crippen molar-refractivity contribution in [3.8, 4) is 0 Å². The number of nitrogens with one attached hydrogen (secondary N) is 2. The van der Waals surface area contributed by atoms with Gasteiger partial charge in [0.2, 0.25) is 0 Å². The molecule has 0 bridgehead atoms. The predicted molar refractivity (Wildman–Crippen MR) is 104 cm³/mol. The molecular weight excluding hydrogens is 400 g/mol. The van der Waals surface area contributed by atoms with Crippen molar-refractivity contribution in [1.29, 1.82) is 0 Å². The van der Waals surface area contributed by atoms with Gasteiger partial charge in [-0.1, -0.05) is 22.9 Å². The number of rotatable bonds is 4. The number of aromatic nitrogens is 3. The second-order valence-electron chi connectivity index (χ2n) is 5.92. The lowest BCUT2D eigenvalue weighted by molar-refractivity contribution is 0.102. The number of H-pyrrole nitrogens is 1. The second-order valence-corrected chi connectivity index (χ2v) is 6.84. The molecule has 2 heterocycles. The van der Waals surface area contributed by atoms with Gasteiger partial charge in [-0.25, -0.2) is 9.78 Å². The number of fused-ring (bicyclic) bond motifs is 1. The average Bonchev–Trinajstić information content (AvgIpc) is 2.60. The lowest BCUT2D eigenvalue weighted by atomic mass is 10.1. The molecule has 8 heteroatoms. The van der Waals surface area contributed by atoms with Crippen molar-refractivity contribution < 1.29 is 4.79 Å². The van der Waals surface area contributed by atoms with Gasteiger partial charge in [-0.2, -0.15) is 0 Å². The van der Waals surface area contributed by atoms with Crippen LogP contribution in [-0.4, -0.2) is 20.4 Å². The molecule has 1 amide bonds. The molecule has 0 radical (unpaired) electrons. The number of aryl methyl sites for hydroxylation is 2. The maximum atomic E-state index is 12.5. The normalized spacial score (nSPS) is 10.9. The van der Waals surface area contributed by atoms with Crippen LogP contribution in [0.3, 0.4) is 0 Å². The summed E-state index contributed by atoms with van der Waals surface area (Å²) in [5.41, 5.74) is 1.03. The molecule has 3 rings (SSSR count). The Balaban J connectivity index is 2.02. The molecule has 0 spiro atoms. The van der Waals surface area contributed by atoms with E-state index >= 15 is 0 Å². The average molecular weight is 417 g/mol. The minimum Gasteiger partial charge on any atom is -0.322 e. The monoisotopic (exact) mass is 416 g/mol. The molecule has 0 aliphatic heterocycles. The third-order valence-corrected chi connectivity index (χ3v) is 4.47. The number of carbonyl (C=O) groups is 1. The highest BCUT2D eigenvalue weighted by Gasteiger charge is 2.13. The van der Waals surface area contributed by atoms with Gasteiger partial charge in [0.25, 0.3) is 11.5 Å². The van der Waals surface area contributed by atoms with Crippen molar-refractivity contribution in [1.82, 2.24) is 14.5 Å². The topological polar surface area (TPSA) is 96.9 Å². The van der Waals surface area contributed by atoms with E-state index < -0.39 is 11.2 Å². The Bertz CT molecular complexity index is 1120. The van der Waals surface area contributed by atoms with E-state index in [2.05, 4.69) is 31.2 Å². The summed E-state index contributed by atoms with van der Waals surface area (Å²) in [6.45, 7) is 4.24. The van der Waals surface area contributed by atoms with E-state index in [-0.39, 0.29) is 22.5 Å². The van der Waals surface area contributed by atoms with Crippen molar-refractivity contribution >= 4 is 38.6 Å². The van der Waals surface area contributed by atoms with Gasteiger partial charge >= 0.3 is 5.69 Å². The SMILES string of the molecule is CCCn1c(=O)[nH]c(=O)c2cc(C(=O)Nc3ccc(Br)cc3C)cnc21. The minimum atomic E-state index is -0.556. The fourth-order valence-corrected chi connectivity index (χ4v) is 3.16. The van der Waals surface area contributed by atoms with Gasteiger partial charge in [0, 0.05) is 22.9 Å². The predicted octanol–water partition coefficient (Wildman–Crippen LogP) is 2.82. The van der Waals surface area contributed by atoms with Gasteiger partial charge in [-0.15, -0.1) is 0 Å². The number of nitrogens with zero attached hydrogens (tertiary/aromatic N) is 2. The Hall–Kier alpha value is -2.74. The third kappa shape index (κ3) is 3.45. The first kappa shape index (κ1) is 18.1. The fourth-order valence-electron chi connectivity index (χ4n) is 2.68. The first-order chi connectivity index (χ1) is 12.4. The van der Waals surface area contributed by atoms with Gasteiger partial charge in [0.15, 0.2) is 0 Å². The fraction of sp³-hybridized carbons (Fsp3) is 0.222. The molecule has 0 saturated heterocycles. The van der Waals surface area contributed by atoms with Crippen molar-refractivity contribution in [2.45, 2.75) is 26.8 Å². The Morgan fingerprint density at radius 3 is 2.77 bits per heavy atom. The van der Waals surface area contributed by atoms with Crippen LogP contribution in [0.25, 0.3) is 11.0 Å². The van der Waals surface area contributed by atoms with Crippen LogP contribution < -0.4 is 16.6 Å². The lowest BCUT2D eigenvalue weighted by Crippen LogP contribution is -2.31. The highest BCUT2D eigenvalue weighted by atomic mass is 79.9. The number of carbonyl (C=O) groups excluding carboxylic acids is 1. The molecule has 0 fully saturated rings. The van der Waals surface area contributed by atoms with Gasteiger partial charge in [-0.05, 0) is 43.2 Å². The zero-order valence-corrected chi connectivity index (χ0v) is 15.9. The highest BCUT2D eigenvalue weighted by molar-refractivity contribution is 9.10. The molecule has 7 nitrogen and oxygen atoms in total. The van der Waals surface area contributed by atoms with E-state index in [1.807, 2.05) is 26.0 Å². The van der Waals surface area contributed by atoms with E-state index in [0.717, 1.165) is 10.0 Å². The molecule has 134 valence electrons. The van der Waals surface area contributed by atoms with Crippen LogP contribution in [0.5, 0.6) is 0 Å². The van der Waals surface area contributed by atoms with Crippen molar-refractivity contribution in [2.75, 3.05) is 5.32 Å². The summed E-state index contributed by atoms with van der Waals surface area (Å²) >= 11 is 3.38. The van der Waals surface area contributed by atoms with E-state index in [1.54, 1.807) is 6.07 Å². The number of aromatic amines is 1. The van der Waals surface area contributed by atoms with E-state index in [9.17, 15) is 14.4 Å². The van der Waals surface area contributed by atoms with Crippen LogP contribution in [0, 0.1) is 6.92 Å². The molecular formula is C18H17BrN4O3. The molecule has 1 aromatic carbocycles. The van der Waals surface area contributed by atoms with Gasteiger partial charge in [0.05, 0.1) is 10.9 Å². The van der Waals surface area contributed by atoms with Crippen LogP contribution in [0.2, 0.25) is 0 Å². The Morgan fingerprint density at radius 2 is 2.08 bits per heavy atom. The summed E-state index contributed by atoms with van der Waals surface area (Å²) in [5.74, 6) is -0.377. The van der Waals surface area contributed by atoms with Crippen molar-refractivity contribution in [3.63, 3.8) is 0 Å². The third-order valence-electron chi connectivity index (χ3n) is 3.98. The van der Waals surface area contributed by atoms with Crippen LogP contribution in [0.15, 0.2) is 44.5 Å². The quantitative estimate of drug-likeness (QED) is 0.682. The van der Waals surface area contributed by atoms with E-state index in [4.69, 9.17) is 0 Å². The molecule has 0 aliphatic carbocycles. The van der Waals surface area contributed by atoms with E-state index in [1.165, 1.54) is 16.8 Å². The van der Waals surface area contributed by atoms with Crippen LogP contribution >= 0.6 is 15.9 Å². The molecule has 0 saturated carbocycles. The Morgan fingerprint density at radius 1 is 1.31 bits per heavy atom. The number of halogens is 1. The molecule has 0 aliphatic rings. The Labute approximate surface area is 157 Å². The number of anilines is 1. The first-order valence-corrected chi connectivity index (χ1v) is 8.90. The maximum absolute atomic E-state index is 12.5. The first-order valence-electron chi connectivity index (χ1n) is 8.11. The summed E-state index contributed by atoms with van der Waals surface area (Å²) in [4.78, 5) is 43.1. The molecule has 26 heavy (non-hydrogen) atoms. The number of amides is 1. The van der Waals surface area contributed by atoms with Crippen LogP contribution in [0.4, 0.5) is 5.69 Å². The highest BCUT2D eigenvalue weighted by Crippen LogP contribution is 2.21. The molecule has 0 unspecified atom stereocenters. The van der Waals surface area contributed by atoms with Gasteiger partial charge in [-0.3, -0.25) is 19.1 Å². The lowest BCUT2D eigenvalue weighted by Gasteiger charge is -2.10. The van der Waals surface area contributed by atoms with Crippen molar-refractivity contribution in [3.05, 3.63) is 66.9 Å². The standard InChI is InChI=1S/C18H17BrN4O3/c1-3-6-23-15-13(17(25)22-18(23)26)8-11(9-20-15)16(24)21-14-5-4-12(19)7-10(14)2/h4-5,7-9H,3,6H2,1-2H3,(H,21,24)(H,22,25,26). The van der Waals surface area contributed by atoms with Crippen LogP contribution in [0.1, 0.15) is 29.3 Å². The number of pyridine rings is 1. The van der Waals surface area contributed by atoms with Crippen LogP contribution in [-0.2, 0) is 6.54 Å². The maximum Gasteiger partial charge on any atom is 0.329 e.